The summed E-state index contributed by atoms with van der Waals surface area (Å²) in [6.07, 6.45) is 2.84. The van der Waals surface area contributed by atoms with E-state index in [0.717, 1.165) is 11.1 Å². The number of nitrogens with one attached hydrogen (secondary N) is 1. The first-order chi connectivity index (χ1) is 9.16. The average molecular weight is 260 g/mol. The van der Waals surface area contributed by atoms with E-state index in [0.29, 0.717) is 18.7 Å². The molecule has 1 aromatic heterocycles. The van der Waals surface area contributed by atoms with Gasteiger partial charge in [0, 0.05) is 25.5 Å². The van der Waals surface area contributed by atoms with E-state index >= 15 is 0 Å². The molecule has 2 rings (SSSR count). The summed E-state index contributed by atoms with van der Waals surface area (Å²) in [5, 5.41) is 13.1. The zero-order valence-corrected chi connectivity index (χ0v) is 10.8. The number of hydrogen-bond acceptors (Lipinski definition) is 3. The number of nitrogens with zero attached hydrogens (tertiary/aromatic N) is 1. The zero-order valence-electron chi connectivity index (χ0n) is 10.8. The summed E-state index contributed by atoms with van der Waals surface area (Å²) in [5.41, 5.74) is 2.83. The molecule has 100 valence electrons. The van der Waals surface area contributed by atoms with E-state index in [9.17, 15) is 9.50 Å². The van der Waals surface area contributed by atoms with Gasteiger partial charge in [-0.25, -0.2) is 4.39 Å². The molecule has 0 saturated heterocycles. The van der Waals surface area contributed by atoms with Crippen LogP contribution in [0, 0.1) is 12.7 Å². The summed E-state index contributed by atoms with van der Waals surface area (Å²) >= 11 is 0. The van der Waals surface area contributed by atoms with Gasteiger partial charge >= 0.3 is 0 Å². The van der Waals surface area contributed by atoms with E-state index < -0.39 is 6.10 Å². The Morgan fingerprint density at radius 3 is 2.95 bits per heavy atom. The highest BCUT2D eigenvalue weighted by atomic mass is 19.1. The molecule has 1 aromatic carbocycles. The monoisotopic (exact) mass is 260 g/mol. The third-order valence-electron chi connectivity index (χ3n) is 3.03. The molecule has 2 N–H and O–H groups in total. The lowest BCUT2D eigenvalue weighted by Crippen LogP contribution is -2.21. The number of pyridine rings is 1. The van der Waals surface area contributed by atoms with Crippen LogP contribution in [0.3, 0.4) is 0 Å². The van der Waals surface area contributed by atoms with Crippen molar-refractivity contribution in [3.05, 3.63) is 65.2 Å². The van der Waals surface area contributed by atoms with Gasteiger partial charge in [-0.15, -0.1) is 0 Å². The summed E-state index contributed by atoms with van der Waals surface area (Å²) in [7, 11) is 0. The molecular weight excluding hydrogens is 243 g/mol. The molecule has 0 fully saturated rings. The molecule has 19 heavy (non-hydrogen) atoms. The first-order valence-corrected chi connectivity index (χ1v) is 6.20. The Bertz CT molecular complexity index is 545. The van der Waals surface area contributed by atoms with Crippen molar-refractivity contribution in [2.75, 3.05) is 6.54 Å². The highest BCUT2D eigenvalue weighted by molar-refractivity contribution is 5.21. The fourth-order valence-electron chi connectivity index (χ4n) is 1.86. The lowest BCUT2D eigenvalue weighted by atomic mass is 10.1. The molecule has 4 heteroatoms. The van der Waals surface area contributed by atoms with Gasteiger partial charge < -0.3 is 10.4 Å². The van der Waals surface area contributed by atoms with Gasteiger partial charge in [-0.2, -0.15) is 0 Å². The first kappa shape index (κ1) is 13.6. The van der Waals surface area contributed by atoms with Crippen molar-refractivity contribution in [3.63, 3.8) is 0 Å². The van der Waals surface area contributed by atoms with Crippen molar-refractivity contribution in [2.24, 2.45) is 0 Å². The number of aromatic nitrogens is 1. The third kappa shape index (κ3) is 3.84. The Kier molecular flexibility index (Phi) is 4.60. The summed E-state index contributed by atoms with van der Waals surface area (Å²) in [6.45, 7) is 3.02. The fraction of sp³-hybridized carbons (Fsp3) is 0.267. The average Bonchev–Trinajstić information content (AvgIpc) is 2.41. The smallest absolute Gasteiger partial charge is 0.123 e. The number of benzene rings is 1. The Labute approximate surface area is 112 Å². The number of aliphatic hydroxyl groups is 1. The highest BCUT2D eigenvalue weighted by Gasteiger charge is 2.08. The predicted octanol–water partition coefficient (Wildman–Crippen LogP) is 2.35. The van der Waals surface area contributed by atoms with Crippen molar-refractivity contribution in [2.45, 2.75) is 19.6 Å². The molecule has 0 aliphatic rings. The molecule has 1 atom stereocenters. The molecule has 1 unspecified atom stereocenters. The van der Waals surface area contributed by atoms with Crippen LogP contribution in [-0.4, -0.2) is 16.6 Å². The largest absolute Gasteiger partial charge is 0.387 e. The number of halogens is 1. The van der Waals surface area contributed by atoms with E-state index in [1.807, 2.05) is 13.0 Å². The Morgan fingerprint density at radius 1 is 1.37 bits per heavy atom. The van der Waals surface area contributed by atoms with Crippen LogP contribution in [0.4, 0.5) is 4.39 Å². The molecule has 1 heterocycles. The summed E-state index contributed by atoms with van der Waals surface area (Å²) < 4.78 is 13.0. The number of rotatable bonds is 5. The minimum atomic E-state index is -0.715. The third-order valence-corrected chi connectivity index (χ3v) is 3.03. The van der Waals surface area contributed by atoms with E-state index in [4.69, 9.17) is 0 Å². The van der Waals surface area contributed by atoms with Crippen molar-refractivity contribution < 1.29 is 9.50 Å². The predicted molar refractivity (Wildman–Crippen MR) is 72.0 cm³/mol. The SMILES string of the molecule is Cc1ccncc1CNCC(O)c1cccc(F)c1. The maximum Gasteiger partial charge on any atom is 0.123 e. The maximum atomic E-state index is 13.0. The van der Waals surface area contributed by atoms with E-state index in [-0.39, 0.29) is 5.82 Å². The van der Waals surface area contributed by atoms with Crippen molar-refractivity contribution in [1.82, 2.24) is 10.3 Å². The standard InChI is InChI=1S/C15H17FN2O/c1-11-5-6-17-8-13(11)9-18-10-15(19)12-3-2-4-14(16)7-12/h2-8,15,18-19H,9-10H2,1H3. The molecule has 0 aliphatic heterocycles. The van der Waals surface area contributed by atoms with E-state index in [1.165, 1.54) is 12.1 Å². The van der Waals surface area contributed by atoms with Crippen LogP contribution in [0.2, 0.25) is 0 Å². The van der Waals surface area contributed by atoms with Crippen LogP contribution < -0.4 is 5.32 Å². The lowest BCUT2D eigenvalue weighted by Gasteiger charge is -2.13. The molecule has 0 radical (unpaired) electrons. The Hall–Kier alpha value is -1.78. The van der Waals surface area contributed by atoms with Crippen LogP contribution in [0.1, 0.15) is 22.8 Å². The van der Waals surface area contributed by atoms with Gasteiger partial charge in [-0.05, 0) is 41.8 Å². The second-order valence-electron chi connectivity index (χ2n) is 4.50. The quantitative estimate of drug-likeness (QED) is 0.867. The minimum absolute atomic E-state index is 0.334. The Balaban J connectivity index is 1.88. The molecule has 3 nitrogen and oxygen atoms in total. The van der Waals surface area contributed by atoms with Crippen LogP contribution in [-0.2, 0) is 6.54 Å². The normalized spacial score (nSPS) is 12.4. The van der Waals surface area contributed by atoms with E-state index in [2.05, 4.69) is 10.3 Å². The maximum absolute atomic E-state index is 13.0. The van der Waals surface area contributed by atoms with Crippen molar-refractivity contribution >= 4 is 0 Å². The first-order valence-electron chi connectivity index (χ1n) is 6.20. The van der Waals surface area contributed by atoms with Crippen LogP contribution in [0.5, 0.6) is 0 Å². The molecule has 0 aliphatic carbocycles. The summed E-state index contributed by atoms with van der Waals surface area (Å²) in [6, 6.07) is 7.97. The molecule has 0 spiro atoms. The second kappa shape index (κ2) is 6.41. The van der Waals surface area contributed by atoms with Crippen molar-refractivity contribution in [1.29, 1.82) is 0 Å². The number of aliphatic hydroxyl groups excluding tert-OH is 1. The molecule has 0 saturated carbocycles. The molecule has 2 aromatic rings. The van der Waals surface area contributed by atoms with Gasteiger partial charge in [0.1, 0.15) is 5.82 Å². The molecular formula is C15H17FN2O. The minimum Gasteiger partial charge on any atom is -0.387 e. The van der Waals surface area contributed by atoms with Gasteiger partial charge in [-0.1, -0.05) is 12.1 Å². The molecule has 0 amide bonds. The van der Waals surface area contributed by atoms with Crippen molar-refractivity contribution in [3.8, 4) is 0 Å². The Morgan fingerprint density at radius 2 is 2.21 bits per heavy atom. The summed E-state index contributed by atoms with van der Waals surface area (Å²) in [5.74, 6) is -0.334. The topological polar surface area (TPSA) is 45.2 Å². The zero-order chi connectivity index (χ0) is 13.7. The molecule has 0 bridgehead atoms. The lowest BCUT2D eigenvalue weighted by molar-refractivity contribution is 0.174. The fourth-order valence-corrected chi connectivity index (χ4v) is 1.86. The number of aryl methyl sites for hydroxylation is 1. The number of hydrogen-bond donors (Lipinski definition) is 2. The van der Waals surface area contributed by atoms with Gasteiger partial charge in [0.2, 0.25) is 0 Å². The second-order valence-corrected chi connectivity index (χ2v) is 4.50. The van der Waals surface area contributed by atoms with Crippen LogP contribution in [0.25, 0.3) is 0 Å². The summed E-state index contributed by atoms with van der Waals surface area (Å²) in [4.78, 5) is 4.06. The van der Waals surface area contributed by atoms with Gasteiger partial charge in [-0.3, -0.25) is 4.98 Å². The van der Waals surface area contributed by atoms with E-state index in [1.54, 1.807) is 24.5 Å². The highest BCUT2D eigenvalue weighted by Crippen LogP contribution is 2.13. The van der Waals surface area contributed by atoms with Crippen LogP contribution >= 0.6 is 0 Å². The van der Waals surface area contributed by atoms with Gasteiger partial charge in [0.25, 0.3) is 0 Å². The van der Waals surface area contributed by atoms with Crippen LogP contribution in [0.15, 0.2) is 42.7 Å². The van der Waals surface area contributed by atoms with Gasteiger partial charge in [0.05, 0.1) is 6.10 Å². The van der Waals surface area contributed by atoms with Gasteiger partial charge in [0.15, 0.2) is 0 Å².